The Morgan fingerprint density at radius 2 is 2.14 bits per heavy atom. The van der Waals surface area contributed by atoms with E-state index in [2.05, 4.69) is 35.1 Å². The lowest BCUT2D eigenvalue weighted by Crippen LogP contribution is -2.28. The highest BCUT2D eigenvalue weighted by Crippen LogP contribution is 2.31. The number of nitriles is 1. The van der Waals surface area contributed by atoms with Crippen LogP contribution >= 0.6 is 0 Å². The molecule has 1 N–H and O–H groups in total. The summed E-state index contributed by atoms with van der Waals surface area (Å²) in [6.45, 7) is 5.97. The van der Waals surface area contributed by atoms with Crippen molar-refractivity contribution in [2.24, 2.45) is 0 Å². The molecule has 1 aromatic rings. The van der Waals surface area contributed by atoms with Crippen molar-refractivity contribution in [2.75, 3.05) is 23.3 Å². The molecule has 0 aliphatic heterocycles. The average Bonchev–Trinajstić information content (AvgIpc) is 3.30. The Morgan fingerprint density at radius 1 is 1.33 bits per heavy atom. The number of hydrogen-bond acceptors (Lipinski definition) is 5. The monoisotopic (exact) mass is 287 g/mol. The second kappa shape index (κ2) is 7.82. The van der Waals surface area contributed by atoms with Crippen molar-refractivity contribution in [3.63, 3.8) is 0 Å². The Labute approximate surface area is 127 Å². The highest BCUT2D eigenvalue weighted by molar-refractivity contribution is 5.51. The highest BCUT2D eigenvalue weighted by Gasteiger charge is 2.30. The number of aromatic nitrogens is 2. The summed E-state index contributed by atoms with van der Waals surface area (Å²) in [6.07, 6.45) is 5.96. The van der Waals surface area contributed by atoms with Crippen molar-refractivity contribution in [1.82, 2.24) is 9.97 Å². The van der Waals surface area contributed by atoms with Gasteiger partial charge in [-0.1, -0.05) is 13.8 Å². The lowest BCUT2D eigenvalue weighted by Gasteiger charge is -2.23. The maximum atomic E-state index is 8.85. The van der Waals surface area contributed by atoms with Crippen LogP contribution in [-0.4, -0.2) is 29.1 Å². The second-order valence-corrected chi connectivity index (χ2v) is 5.54. The number of hydrogen-bond donors (Lipinski definition) is 1. The van der Waals surface area contributed by atoms with Gasteiger partial charge in [-0.2, -0.15) is 5.26 Å². The quantitative estimate of drug-likeness (QED) is 0.756. The van der Waals surface area contributed by atoms with Crippen LogP contribution in [-0.2, 0) is 6.42 Å². The SMILES string of the molecule is CCCNc1cc(N(CCC#N)C2CC2)nc(CCC)n1. The van der Waals surface area contributed by atoms with Crippen LogP contribution in [0.3, 0.4) is 0 Å². The van der Waals surface area contributed by atoms with Gasteiger partial charge in [-0.3, -0.25) is 0 Å². The summed E-state index contributed by atoms with van der Waals surface area (Å²) in [7, 11) is 0. The van der Waals surface area contributed by atoms with E-state index in [0.29, 0.717) is 12.5 Å². The molecule has 5 heteroatoms. The van der Waals surface area contributed by atoms with E-state index in [4.69, 9.17) is 10.2 Å². The Balaban J connectivity index is 2.21. The number of anilines is 2. The third kappa shape index (κ3) is 4.59. The van der Waals surface area contributed by atoms with Gasteiger partial charge in [0.2, 0.25) is 0 Å². The molecule has 0 aromatic carbocycles. The van der Waals surface area contributed by atoms with Crippen molar-refractivity contribution in [3.05, 3.63) is 11.9 Å². The van der Waals surface area contributed by atoms with Crippen LogP contribution in [0.15, 0.2) is 6.07 Å². The van der Waals surface area contributed by atoms with E-state index in [9.17, 15) is 0 Å². The molecule has 1 aliphatic rings. The van der Waals surface area contributed by atoms with Crippen molar-refractivity contribution < 1.29 is 0 Å². The summed E-state index contributed by atoms with van der Waals surface area (Å²) in [4.78, 5) is 11.6. The van der Waals surface area contributed by atoms with Gasteiger partial charge >= 0.3 is 0 Å². The van der Waals surface area contributed by atoms with Crippen molar-refractivity contribution >= 4 is 11.6 Å². The largest absolute Gasteiger partial charge is 0.370 e. The van der Waals surface area contributed by atoms with E-state index in [1.807, 2.05) is 6.07 Å². The summed E-state index contributed by atoms with van der Waals surface area (Å²) in [6, 6.07) is 4.83. The first-order chi connectivity index (χ1) is 10.3. The standard InChI is InChI=1S/C16H25N5/c1-3-6-14-19-15(18-10-4-2)12-16(20-14)21(11-5-9-17)13-7-8-13/h12-13H,3-8,10-11H2,1-2H3,(H,18,19,20). The van der Waals surface area contributed by atoms with Gasteiger partial charge in [0.15, 0.2) is 0 Å². The van der Waals surface area contributed by atoms with Crippen LogP contribution in [0.5, 0.6) is 0 Å². The summed E-state index contributed by atoms with van der Waals surface area (Å²) in [5.74, 6) is 2.79. The van der Waals surface area contributed by atoms with E-state index in [0.717, 1.165) is 49.8 Å². The zero-order chi connectivity index (χ0) is 15.1. The van der Waals surface area contributed by atoms with Crippen LogP contribution in [0.4, 0.5) is 11.6 Å². The predicted octanol–water partition coefficient (Wildman–Crippen LogP) is 3.13. The lowest BCUT2D eigenvalue weighted by molar-refractivity contribution is 0.757. The molecule has 0 saturated heterocycles. The molecule has 114 valence electrons. The molecular formula is C16H25N5. The third-order valence-corrected chi connectivity index (χ3v) is 3.54. The van der Waals surface area contributed by atoms with Gasteiger partial charge < -0.3 is 10.2 Å². The fourth-order valence-corrected chi connectivity index (χ4v) is 2.35. The van der Waals surface area contributed by atoms with Gasteiger partial charge in [0.1, 0.15) is 17.5 Å². The van der Waals surface area contributed by atoms with Crippen molar-refractivity contribution in [2.45, 2.75) is 58.4 Å². The Hall–Kier alpha value is -1.83. The molecule has 2 rings (SSSR count). The van der Waals surface area contributed by atoms with Crippen LogP contribution < -0.4 is 10.2 Å². The Bertz CT molecular complexity index is 490. The minimum absolute atomic E-state index is 0.543. The number of aryl methyl sites for hydroxylation is 1. The smallest absolute Gasteiger partial charge is 0.134 e. The van der Waals surface area contributed by atoms with E-state index in [-0.39, 0.29) is 0 Å². The van der Waals surface area contributed by atoms with Gasteiger partial charge in [0, 0.05) is 31.6 Å². The Kier molecular flexibility index (Phi) is 5.79. The molecular weight excluding hydrogens is 262 g/mol. The van der Waals surface area contributed by atoms with Gasteiger partial charge in [0.25, 0.3) is 0 Å². The normalized spacial score (nSPS) is 13.8. The highest BCUT2D eigenvalue weighted by atomic mass is 15.2. The predicted molar refractivity (Wildman–Crippen MR) is 85.4 cm³/mol. The van der Waals surface area contributed by atoms with Crippen molar-refractivity contribution in [3.8, 4) is 6.07 Å². The maximum absolute atomic E-state index is 8.85. The molecule has 0 spiro atoms. The molecule has 5 nitrogen and oxygen atoms in total. The number of rotatable bonds is 9. The molecule has 1 saturated carbocycles. The van der Waals surface area contributed by atoms with E-state index in [1.165, 1.54) is 12.8 Å². The van der Waals surface area contributed by atoms with Gasteiger partial charge in [0.05, 0.1) is 12.5 Å². The van der Waals surface area contributed by atoms with Crippen molar-refractivity contribution in [1.29, 1.82) is 5.26 Å². The molecule has 1 aromatic heterocycles. The first-order valence-electron chi connectivity index (χ1n) is 8.03. The van der Waals surface area contributed by atoms with Crippen LogP contribution in [0.25, 0.3) is 0 Å². The minimum atomic E-state index is 0.543. The van der Waals surface area contributed by atoms with E-state index >= 15 is 0 Å². The van der Waals surface area contributed by atoms with Crippen LogP contribution in [0, 0.1) is 11.3 Å². The summed E-state index contributed by atoms with van der Waals surface area (Å²) >= 11 is 0. The molecule has 1 heterocycles. The van der Waals surface area contributed by atoms with Crippen LogP contribution in [0.1, 0.15) is 51.8 Å². The fraction of sp³-hybridized carbons (Fsp3) is 0.688. The lowest BCUT2D eigenvalue weighted by atomic mass is 10.3. The number of nitrogens with one attached hydrogen (secondary N) is 1. The first-order valence-corrected chi connectivity index (χ1v) is 8.03. The molecule has 0 bridgehead atoms. The Morgan fingerprint density at radius 3 is 2.76 bits per heavy atom. The summed E-state index contributed by atoms with van der Waals surface area (Å²) < 4.78 is 0. The zero-order valence-electron chi connectivity index (χ0n) is 13.1. The molecule has 1 fully saturated rings. The van der Waals surface area contributed by atoms with Crippen LogP contribution in [0.2, 0.25) is 0 Å². The number of nitrogens with zero attached hydrogens (tertiary/aromatic N) is 4. The summed E-state index contributed by atoms with van der Waals surface area (Å²) in [5.41, 5.74) is 0. The zero-order valence-corrected chi connectivity index (χ0v) is 13.1. The molecule has 0 radical (unpaired) electrons. The average molecular weight is 287 g/mol. The van der Waals surface area contributed by atoms with Gasteiger partial charge in [-0.05, 0) is 25.7 Å². The molecule has 1 aliphatic carbocycles. The summed E-state index contributed by atoms with van der Waals surface area (Å²) in [5, 5.41) is 12.2. The molecule has 0 amide bonds. The van der Waals surface area contributed by atoms with E-state index in [1.54, 1.807) is 0 Å². The first kappa shape index (κ1) is 15.6. The second-order valence-electron chi connectivity index (χ2n) is 5.54. The topological polar surface area (TPSA) is 64.8 Å². The molecule has 0 unspecified atom stereocenters. The van der Waals surface area contributed by atoms with Gasteiger partial charge in [-0.25, -0.2) is 9.97 Å². The molecule has 21 heavy (non-hydrogen) atoms. The maximum Gasteiger partial charge on any atom is 0.134 e. The van der Waals surface area contributed by atoms with Gasteiger partial charge in [-0.15, -0.1) is 0 Å². The minimum Gasteiger partial charge on any atom is -0.370 e. The fourth-order valence-electron chi connectivity index (χ4n) is 2.35. The molecule has 0 atom stereocenters. The van der Waals surface area contributed by atoms with E-state index < -0.39 is 0 Å². The third-order valence-electron chi connectivity index (χ3n) is 3.54.